The molecule has 2 aliphatic rings. The number of hydrogen-bond donors (Lipinski definition) is 0. The highest BCUT2D eigenvalue weighted by molar-refractivity contribution is 6.10. The SMILES string of the molecule is C1=C(c2cccc3c2oc2ccccc23)CC2Oc3cccc(-n4c5ccccc5c5ccccc54)c3C2=C1. The summed E-state index contributed by atoms with van der Waals surface area (Å²) in [6, 6.07) is 38.5. The van der Waals surface area contributed by atoms with Gasteiger partial charge in [-0.15, -0.1) is 0 Å². The summed E-state index contributed by atoms with van der Waals surface area (Å²) in [5.41, 5.74) is 10.3. The Morgan fingerprint density at radius 1 is 0.615 bits per heavy atom. The Kier molecular flexibility index (Phi) is 4.17. The van der Waals surface area contributed by atoms with Crippen LogP contribution >= 0.6 is 0 Å². The standard InChI is InChI=1S/C36H23NO2/c1-4-14-29-24(9-1)25-10-2-5-15-30(25)37(29)31-16-8-18-33-35(31)28-20-19-22(21-34(28)38-33)23-12-7-13-27-26-11-3-6-17-32(26)39-36(23)27/h1-20,34H,21H2. The molecule has 5 aromatic carbocycles. The van der Waals surface area contributed by atoms with Crippen molar-refractivity contribution in [1.29, 1.82) is 0 Å². The van der Waals surface area contributed by atoms with Crippen LogP contribution in [-0.4, -0.2) is 10.7 Å². The van der Waals surface area contributed by atoms with Crippen molar-refractivity contribution in [2.45, 2.75) is 12.5 Å². The second kappa shape index (κ2) is 7.75. The van der Waals surface area contributed by atoms with Gasteiger partial charge in [0.25, 0.3) is 0 Å². The fraction of sp³-hybridized carbons (Fsp3) is 0.0556. The van der Waals surface area contributed by atoms with Gasteiger partial charge in [0.1, 0.15) is 23.0 Å². The first-order chi connectivity index (χ1) is 19.3. The number of nitrogens with zero attached hydrogens (tertiary/aromatic N) is 1. The molecule has 1 atom stereocenters. The van der Waals surface area contributed by atoms with E-state index < -0.39 is 0 Å². The van der Waals surface area contributed by atoms with Gasteiger partial charge in [0.05, 0.1) is 16.7 Å². The molecule has 9 rings (SSSR count). The molecule has 1 aliphatic heterocycles. The monoisotopic (exact) mass is 501 g/mol. The van der Waals surface area contributed by atoms with Crippen molar-refractivity contribution >= 4 is 54.9 Å². The zero-order chi connectivity index (χ0) is 25.5. The second-order valence-corrected chi connectivity index (χ2v) is 10.4. The molecule has 2 aromatic heterocycles. The summed E-state index contributed by atoms with van der Waals surface area (Å²) in [6.45, 7) is 0. The number of hydrogen-bond acceptors (Lipinski definition) is 2. The Bertz CT molecular complexity index is 2140. The van der Waals surface area contributed by atoms with Gasteiger partial charge in [-0.1, -0.05) is 91.0 Å². The molecule has 0 bridgehead atoms. The van der Waals surface area contributed by atoms with E-state index in [0.717, 1.165) is 45.4 Å². The molecule has 0 N–H and O–H groups in total. The van der Waals surface area contributed by atoms with Crippen LogP contribution in [0.3, 0.4) is 0 Å². The fourth-order valence-electron chi connectivity index (χ4n) is 6.65. The molecule has 1 aliphatic carbocycles. The van der Waals surface area contributed by atoms with Crippen LogP contribution < -0.4 is 4.74 Å². The first-order valence-electron chi connectivity index (χ1n) is 13.5. The molecule has 3 heteroatoms. The number of para-hydroxylation sites is 4. The Labute approximate surface area is 224 Å². The quantitative estimate of drug-likeness (QED) is 0.236. The lowest BCUT2D eigenvalue weighted by Gasteiger charge is -2.20. The summed E-state index contributed by atoms with van der Waals surface area (Å²) in [5, 5.41) is 4.84. The molecule has 0 fully saturated rings. The molecule has 0 saturated heterocycles. The summed E-state index contributed by atoms with van der Waals surface area (Å²) in [7, 11) is 0. The van der Waals surface area contributed by atoms with Gasteiger partial charge in [-0.3, -0.25) is 0 Å². The second-order valence-electron chi connectivity index (χ2n) is 10.4. The van der Waals surface area contributed by atoms with E-state index in [9.17, 15) is 0 Å². The van der Waals surface area contributed by atoms with Crippen molar-refractivity contribution in [2.75, 3.05) is 0 Å². The predicted molar refractivity (Wildman–Crippen MR) is 159 cm³/mol. The molecule has 1 unspecified atom stereocenters. The Morgan fingerprint density at radius 3 is 2.13 bits per heavy atom. The average Bonchev–Trinajstić information content (AvgIpc) is 3.66. The van der Waals surface area contributed by atoms with E-state index in [1.54, 1.807) is 0 Å². The van der Waals surface area contributed by atoms with Crippen LogP contribution in [0.1, 0.15) is 17.5 Å². The van der Waals surface area contributed by atoms with E-state index in [4.69, 9.17) is 9.15 Å². The van der Waals surface area contributed by atoms with Crippen LogP contribution in [0.2, 0.25) is 0 Å². The zero-order valence-corrected chi connectivity index (χ0v) is 21.1. The lowest BCUT2D eigenvalue weighted by atomic mass is 9.88. The van der Waals surface area contributed by atoms with E-state index in [-0.39, 0.29) is 6.10 Å². The van der Waals surface area contributed by atoms with Gasteiger partial charge < -0.3 is 13.7 Å². The molecule has 3 heterocycles. The van der Waals surface area contributed by atoms with Crippen molar-refractivity contribution in [3.8, 4) is 11.4 Å². The minimum Gasteiger partial charge on any atom is -0.485 e. The maximum atomic E-state index is 6.64. The van der Waals surface area contributed by atoms with E-state index in [1.165, 1.54) is 38.5 Å². The van der Waals surface area contributed by atoms with Crippen LogP contribution in [0, 0.1) is 0 Å². The fourth-order valence-corrected chi connectivity index (χ4v) is 6.65. The van der Waals surface area contributed by atoms with Crippen LogP contribution in [-0.2, 0) is 0 Å². The number of allylic oxidation sites excluding steroid dienone is 2. The highest BCUT2D eigenvalue weighted by Crippen LogP contribution is 2.48. The molecule has 0 spiro atoms. The largest absolute Gasteiger partial charge is 0.485 e. The third kappa shape index (κ3) is 2.87. The van der Waals surface area contributed by atoms with Crippen LogP contribution in [0.5, 0.6) is 5.75 Å². The van der Waals surface area contributed by atoms with Gasteiger partial charge in [-0.2, -0.15) is 0 Å². The lowest BCUT2D eigenvalue weighted by molar-refractivity contribution is 0.281. The van der Waals surface area contributed by atoms with Gasteiger partial charge in [-0.25, -0.2) is 0 Å². The number of benzene rings is 5. The minimum atomic E-state index is -0.0334. The molecule has 39 heavy (non-hydrogen) atoms. The number of ether oxygens (including phenoxy) is 1. The van der Waals surface area contributed by atoms with Crippen molar-refractivity contribution in [3.05, 3.63) is 132 Å². The first kappa shape index (κ1) is 21.0. The van der Waals surface area contributed by atoms with Gasteiger partial charge >= 0.3 is 0 Å². The van der Waals surface area contributed by atoms with E-state index in [2.05, 4.69) is 114 Å². The lowest BCUT2D eigenvalue weighted by Crippen LogP contribution is -2.15. The Hall–Kier alpha value is -5.02. The van der Waals surface area contributed by atoms with Gasteiger partial charge in [0.2, 0.25) is 0 Å². The van der Waals surface area contributed by atoms with Crippen LogP contribution in [0.4, 0.5) is 0 Å². The maximum Gasteiger partial charge on any atom is 0.142 e. The normalized spacial score (nSPS) is 16.4. The van der Waals surface area contributed by atoms with Crippen LogP contribution in [0.25, 0.3) is 60.6 Å². The zero-order valence-electron chi connectivity index (χ0n) is 21.1. The molecular weight excluding hydrogens is 478 g/mol. The van der Waals surface area contributed by atoms with Crippen LogP contribution in [0.15, 0.2) is 126 Å². The molecule has 184 valence electrons. The molecule has 0 saturated carbocycles. The summed E-state index contributed by atoms with van der Waals surface area (Å²) >= 11 is 0. The summed E-state index contributed by atoms with van der Waals surface area (Å²) < 4.78 is 15.4. The summed E-state index contributed by atoms with van der Waals surface area (Å²) in [5.74, 6) is 0.946. The molecule has 0 radical (unpaired) electrons. The van der Waals surface area contributed by atoms with E-state index >= 15 is 0 Å². The average molecular weight is 502 g/mol. The summed E-state index contributed by atoms with van der Waals surface area (Å²) in [4.78, 5) is 0. The van der Waals surface area contributed by atoms with E-state index in [1.807, 2.05) is 12.1 Å². The topological polar surface area (TPSA) is 27.3 Å². The third-order valence-corrected chi connectivity index (χ3v) is 8.35. The number of fused-ring (bicyclic) bond motifs is 9. The number of aromatic nitrogens is 1. The molecule has 0 amide bonds. The highest BCUT2D eigenvalue weighted by atomic mass is 16.5. The van der Waals surface area contributed by atoms with Crippen molar-refractivity contribution in [3.63, 3.8) is 0 Å². The minimum absolute atomic E-state index is 0.0334. The Balaban J connectivity index is 1.23. The highest BCUT2D eigenvalue weighted by Gasteiger charge is 2.34. The Morgan fingerprint density at radius 2 is 1.31 bits per heavy atom. The first-order valence-corrected chi connectivity index (χ1v) is 13.5. The van der Waals surface area contributed by atoms with E-state index in [0.29, 0.717) is 0 Å². The summed E-state index contributed by atoms with van der Waals surface area (Å²) in [6.07, 6.45) is 5.28. The van der Waals surface area contributed by atoms with Gasteiger partial charge in [-0.05, 0) is 35.9 Å². The molecular formula is C36H23NO2. The van der Waals surface area contributed by atoms with Crippen molar-refractivity contribution in [1.82, 2.24) is 4.57 Å². The van der Waals surface area contributed by atoms with Gasteiger partial charge in [0, 0.05) is 44.7 Å². The van der Waals surface area contributed by atoms with Crippen molar-refractivity contribution in [2.24, 2.45) is 0 Å². The molecule has 3 nitrogen and oxygen atoms in total. The smallest absolute Gasteiger partial charge is 0.142 e. The predicted octanol–water partition coefficient (Wildman–Crippen LogP) is 9.31. The number of rotatable bonds is 2. The molecule has 7 aromatic rings. The number of furan rings is 1. The third-order valence-electron chi connectivity index (χ3n) is 8.35. The maximum absolute atomic E-state index is 6.64. The van der Waals surface area contributed by atoms with Gasteiger partial charge in [0.15, 0.2) is 0 Å². The van der Waals surface area contributed by atoms with Crippen molar-refractivity contribution < 1.29 is 9.15 Å².